The second kappa shape index (κ2) is 3.89. The van der Waals surface area contributed by atoms with Crippen LogP contribution in [0.3, 0.4) is 0 Å². The quantitative estimate of drug-likeness (QED) is 0.796. The number of carbonyl (C=O) groups excluding carboxylic acids is 1. The predicted octanol–water partition coefficient (Wildman–Crippen LogP) is 2.66. The number of hydrogen-bond acceptors (Lipinski definition) is 2. The van der Waals surface area contributed by atoms with Gasteiger partial charge in [-0.15, -0.1) is 0 Å². The maximum absolute atomic E-state index is 11.8. The summed E-state index contributed by atoms with van der Waals surface area (Å²) in [5.74, 6) is 1.63. The van der Waals surface area contributed by atoms with Gasteiger partial charge >= 0.3 is 0 Å². The summed E-state index contributed by atoms with van der Waals surface area (Å²) in [4.78, 5) is 13.5. The Morgan fingerprint density at radius 1 is 1.67 bits per heavy atom. The van der Waals surface area contributed by atoms with Crippen molar-refractivity contribution in [1.29, 1.82) is 0 Å². The van der Waals surface area contributed by atoms with Gasteiger partial charge in [-0.05, 0) is 42.0 Å². The first-order chi connectivity index (χ1) is 7.08. The zero-order valence-electron chi connectivity index (χ0n) is 8.87. The first-order valence-electron chi connectivity index (χ1n) is 5.08. The van der Waals surface area contributed by atoms with Gasteiger partial charge in [0.15, 0.2) is 11.0 Å². The van der Waals surface area contributed by atoms with E-state index in [-0.39, 0.29) is 11.1 Å². The molecule has 1 amide bonds. The van der Waals surface area contributed by atoms with Gasteiger partial charge in [-0.25, -0.2) is 0 Å². The van der Waals surface area contributed by atoms with Crippen molar-refractivity contribution in [2.24, 2.45) is 11.8 Å². The van der Waals surface area contributed by atoms with Crippen molar-refractivity contribution >= 4 is 17.5 Å². The molecule has 0 aliphatic heterocycles. The van der Waals surface area contributed by atoms with Crippen molar-refractivity contribution < 1.29 is 9.21 Å². The maximum atomic E-state index is 11.8. The lowest BCUT2D eigenvalue weighted by Gasteiger charge is -2.15. The molecule has 1 aliphatic carbocycles. The molecule has 1 aromatic rings. The number of amides is 1. The number of carbonyl (C=O) groups is 1. The van der Waals surface area contributed by atoms with Crippen LogP contribution in [0.25, 0.3) is 0 Å². The Bertz CT molecular complexity index is 374. The first-order valence-corrected chi connectivity index (χ1v) is 5.46. The van der Waals surface area contributed by atoms with Gasteiger partial charge < -0.3 is 9.32 Å². The highest BCUT2D eigenvalue weighted by atomic mass is 35.5. The molecule has 2 atom stereocenters. The van der Waals surface area contributed by atoms with Crippen LogP contribution in [0, 0.1) is 11.8 Å². The van der Waals surface area contributed by atoms with E-state index < -0.39 is 0 Å². The maximum Gasteiger partial charge on any atom is 0.289 e. The molecule has 1 aromatic heterocycles. The van der Waals surface area contributed by atoms with Crippen LogP contribution in [0.1, 0.15) is 23.9 Å². The molecule has 4 heteroatoms. The molecule has 2 rings (SSSR count). The minimum Gasteiger partial charge on any atom is -0.440 e. The van der Waals surface area contributed by atoms with Crippen molar-refractivity contribution in [3.8, 4) is 0 Å². The molecule has 0 N–H and O–H groups in total. The van der Waals surface area contributed by atoms with Crippen LogP contribution in [0.4, 0.5) is 0 Å². The number of hydrogen-bond donors (Lipinski definition) is 0. The predicted molar refractivity (Wildman–Crippen MR) is 57.9 cm³/mol. The summed E-state index contributed by atoms with van der Waals surface area (Å²) >= 11 is 5.61. The van der Waals surface area contributed by atoms with Gasteiger partial charge in [-0.1, -0.05) is 6.92 Å². The average Bonchev–Trinajstić information content (AvgIpc) is 2.71. The van der Waals surface area contributed by atoms with E-state index in [4.69, 9.17) is 16.0 Å². The minimum atomic E-state index is -0.0963. The molecule has 1 heterocycles. The van der Waals surface area contributed by atoms with E-state index in [2.05, 4.69) is 6.92 Å². The Morgan fingerprint density at radius 2 is 2.33 bits per heavy atom. The van der Waals surface area contributed by atoms with E-state index in [1.165, 1.54) is 6.42 Å². The molecule has 0 aromatic carbocycles. The number of nitrogens with zero attached hydrogens (tertiary/aromatic N) is 1. The number of halogens is 1. The van der Waals surface area contributed by atoms with Gasteiger partial charge in [0.2, 0.25) is 0 Å². The van der Waals surface area contributed by atoms with Crippen LogP contribution in [-0.4, -0.2) is 24.4 Å². The summed E-state index contributed by atoms with van der Waals surface area (Å²) in [7, 11) is 1.80. The third-order valence-corrected chi connectivity index (χ3v) is 3.12. The van der Waals surface area contributed by atoms with Crippen LogP contribution < -0.4 is 0 Å². The lowest BCUT2D eigenvalue weighted by molar-refractivity contribution is 0.0755. The molecule has 0 radical (unpaired) electrons. The molecule has 0 spiro atoms. The van der Waals surface area contributed by atoms with Gasteiger partial charge in [-0.3, -0.25) is 4.79 Å². The van der Waals surface area contributed by atoms with Crippen LogP contribution in [0.15, 0.2) is 16.5 Å². The third kappa shape index (κ3) is 2.34. The largest absolute Gasteiger partial charge is 0.440 e. The van der Waals surface area contributed by atoms with Gasteiger partial charge in [0.1, 0.15) is 0 Å². The van der Waals surface area contributed by atoms with Crippen molar-refractivity contribution in [2.45, 2.75) is 13.3 Å². The summed E-state index contributed by atoms with van der Waals surface area (Å²) in [5.41, 5.74) is 0. The van der Waals surface area contributed by atoms with Crippen molar-refractivity contribution in [3.05, 3.63) is 23.1 Å². The van der Waals surface area contributed by atoms with E-state index in [0.29, 0.717) is 11.7 Å². The Kier molecular flexibility index (Phi) is 2.74. The Balaban J connectivity index is 1.95. The minimum absolute atomic E-state index is 0.0963. The summed E-state index contributed by atoms with van der Waals surface area (Å²) in [6, 6.07) is 3.19. The fourth-order valence-corrected chi connectivity index (χ4v) is 1.85. The van der Waals surface area contributed by atoms with Crippen molar-refractivity contribution in [1.82, 2.24) is 4.90 Å². The zero-order valence-corrected chi connectivity index (χ0v) is 9.62. The highest BCUT2D eigenvalue weighted by Crippen LogP contribution is 2.38. The molecule has 1 aliphatic rings. The molecular weight excluding hydrogens is 214 g/mol. The highest BCUT2D eigenvalue weighted by Gasteiger charge is 2.34. The van der Waals surface area contributed by atoms with E-state index in [1.807, 2.05) is 0 Å². The smallest absolute Gasteiger partial charge is 0.289 e. The molecule has 3 nitrogen and oxygen atoms in total. The van der Waals surface area contributed by atoms with Gasteiger partial charge in [0, 0.05) is 13.6 Å². The summed E-state index contributed by atoms with van der Waals surface area (Å²) < 4.78 is 5.07. The second-order valence-corrected chi connectivity index (χ2v) is 4.64. The van der Waals surface area contributed by atoms with Crippen molar-refractivity contribution in [3.63, 3.8) is 0 Å². The van der Waals surface area contributed by atoms with Crippen molar-refractivity contribution in [2.75, 3.05) is 13.6 Å². The lowest BCUT2D eigenvalue weighted by atomic mass is 10.3. The topological polar surface area (TPSA) is 33.5 Å². The Labute approximate surface area is 94.0 Å². The molecule has 15 heavy (non-hydrogen) atoms. The molecule has 0 saturated heterocycles. The highest BCUT2D eigenvalue weighted by molar-refractivity contribution is 6.29. The molecule has 2 unspecified atom stereocenters. The van der Waals surface area contributed by atoms with E-state index in [1.54, 1.807) is 24.1 Å². The normalized spacial score (nSPS) is 23.9. The number of rotatable bonds is 3. The Hall–Kier alpha value is -0.960. The van der Waals surface area contributed by atoms with Gasteiger partial charge in [0.05, 0.1) is 0 Å². The van der Waals surface area contributed by atoms with E-state index >= 15 is 0 Å². The van der Waals surface area contributed by atoms with Crippen LogP contribution in [0.5, 0.6) is 0 Å². The lowest BCUT2D eigenvalue weighted by Crippen LogP contribution is -2.28. The molecular formula is C11H14ClNO2. The first kappa shape index (κ1) is 10.6. The standard InChI is InChI=1S/C11H14ClNO2/c1-7-5-8(7)6-13(2)11(14)9-3-4-10(12)15-9/h3-4,7-8H,5-6H2,1-2H3. The zero-order chi connectivity index (χ0) is 11.0. The average molecular weight is 228 g/mol. The molecule has 82 valence electrons. The van der Waals surface area contributed by atoms with Crippen LogP contribution >= 0.6 is 11.6 Å². The fourth-order valence-electron chi connectivity index (χ4n) is 1.71. The summed E-state index contributed by atoms with van der Waals surface area (Å²) in [5, 5.41) is 0.256. The molecule has 0 bridgehead atoms. The third-order valence-electron chi connectivity index (χ3n) is 2.92. The molecule has 1 saturated carbocycles. The molecule has 1 fully saturated rings. The van der Waals surface area contributed by atoms with Gasteiger partial charge in [-0.2, -0.15) is 0 Å². The van der Waals surface area contributed by atoms with Crippen LogP contribution in [-0.2, 0) is 0 Å². The second-order valence-electron chi connectivity index (χ2n) is 4.26. The van der Waals surface area contributed by atoms with E-state index in [9.17, 15) is 4.79 Å². The SMILES string of the molecule is CC1CC1CN(C)C(=O)c1ccc(Cl)o1. The Morgan fingerprint density at radius 3 is 2.80 bits per heavy atom. The number of furan rings is 1. The summed E-state index contributed by atoms with van der Waals surface area (Å²) in [6.07, 6.45) is 1.22. The van der Waals surface area contributed by atoms with Gasteiger partial charge in [0.25, 0.3) is 5.91 Å². The fraction of sp³-hybridized carbons (Fsp3) is 0.545. The monoisotopic (exact) mass is 227 g/mol. The summed E-state index contributed by atoms with van der Waals surface area (Å²) in [6.45, 7) is 3.01. The van der Waals surface area contributed by atoms with Crippen LogP contribution in [0.2, 0.25) is 5.22 Å². The van der Waals surface area contributed by atoms with E-state index in [0.717, 1.165) is 12.5 Å².